The largest absolute Gasteiger partial charge is 0.355 e. The predicted molar refractivity (Wildman–Crippen MR) is 89.8 cm³/mol. The van der Waals surface area contributed by atoms with Gasteiger partial charge in [-0.25, -0.2) is 0 Å². The van der Waals surface area contributed by atoms with Crippen molar-refractivity contribution in [2.75, 3.05) is 5.32 Å². The first-order chi connectivity index (χ1) is 10.7. The number of fused-ring (bicyclic) bond motifs is 4. The predicted octanol–water partition coefficient (Wildman–Crippen LogP) is 4.23. The van der Waals surface area contributed by atoms with Crippen LogP contribution in [0.15, 0.2) is 48.5 Å². The molecule has 2 aromatic rings. The summed E-state index contributed by atoms with van der Waals surface area (Å²) >= 11 is 0.844. The maximum Gasteiger partial charge on any atom is 0.200 e. The van der Waals surface area contributed by atoms with E-state index in [1.165, 1.54) is 0 Å². The summed E-state index contributed by atoms with van der Waals surface area (Å²) in [6.07, 6.45) is 0.581. The number of carbonyl (C=O) groups excluding carboxylic acids is 2. The number of allylic oxidation sites excluding steroid dienone is 2. The Bertz CT molecular complexity index is 771. The Morgan fingerprint density at radius 3 is 1.68 bits per heavy atom. The number of hydrogen-bond acceptors (Lipinski definition) is 4. The molecule has 2 aliphatic rings. The second-order valence-corrected chi connectivity index (χ2v) is 6.49. The molecule has 0 saturated heterocycles. The number of nitrogens with one attached hydrogen (secondary N) is 1. The van der Waals surface area contributed by atoms with Crippen molar-refractivity contribution < 1.29 is 9.59 Å². The van der Waals surface area contributed by atoms with Crippen LogP contribution in [0.5, 0.6) is 0 Å². The molecule has 0 spiro atoms. The molecular weight excluding hydrogens is 294 g/mol. The van der Waals surface area contributed by atoms with Crippen molar-refractivity contribution >= 4 is 44.5 Å². The lowest BCUT2D eigenvalue weighted by molar-refractivity contribution is -0.112. The third-order valence-corrected chi connectivity index (χ3v) is 4.75. The average Bonchev–Trinajstić information content (AvgIpc) is 2.73. The van der Waals surface area contributed by atoms with Gasteiger partial charge >= 0.3 is 0 Å². The van der Waals surface area contributed by atoms with E-state index in [4.69, 9.17) is 0 Å². The van der Waals surface area contributed by atoms with Crippen molar-refractivity contribution in [1.29, 1.82) is 0 Å². The highest BCUT2D eigenvalue weighted by molar-refractivity contribution is 8.26. The third kappa shape index (κ3) is 2.16. The van der Waals surface area contributed by atoms with Gasteiger partial charge in [0.2, 0.25) is 10.2 Å². The zero-order valence-corrected chi connectivity index (χ0v) is 12.6. The third-order valence-electron chi connectivity index (χ3n) is 4.01. The number of thioether (sulfide) groups is 1. The van der Waals surface area contributed by atoms with Crippen molar-refractivity contribution in [3.63, 3.8) is 0 Å². The molecule has 0 radical (unpaired) electrons. The molecule has 1 N–H and O–H groups in total. The molecule has 2 heterocycles. The molecule has 0 aromatic heterocycles. The molecule has 0 amide bonds. The highest BCUT2D eigenvalue weighted by Gasteiger charge is 2.28. The summed E-state index contributed by atoms with van der Waals surface area (Å²) in [6, 6.07) is 15.9. The molecule has 2 aromatic carbocycles. The van der Waals surface area contributed by atoms with E-state index in [0.29, 0.717) is 12.8 Å². The van der Waals surface area contributed by atoms with Crippen molar-refractivity contribution in [1.82, 2.24) is 0 Å². The molecule has 4 rings (SSSR count). The molecule has 108 valence electrons. The van der Waals surface area contributed by atoms with Gasteiger partial charge in [-0.3, -0.25) is 9.59 Å². The maximum atomic E-state index is 12.1. The van der Waals surface area contributed by atoms with Gasteiger partial charge in [0.25, 0.3) is 0 Å². The number of para-hydroxylation sites is 2. The fourth-order valence-corrected chi connectivity index (χ4v) is 3.76. The van der Waals surface area contributed by atoms with E-state index in [1.807, 2.05) is 48.5 Å². The Hall–Kier alpha value is -2.33. The number of anilines is 2. The van der Waals surface area contributed by atoms with Crippen LogP contribution in [0.2, 0.25) is 0 Å². The lowest BCUT2D eigenvalue weighted by Gasteiger charge is -2.11. The quantitative estimate of drug-likeness (QED) is 0.791. The Labute approximate surface area is 132 Å². The van der Waals surface area contributed by atoms with E-state index in [9.17, 15) is 9.59 Å². The lowest BCUT2D eigenvalue weighted by atomic mass is 9.91. The van der Waals surface area contributed by atoms with Crippen LogP contribution >= 0.6 is 11.8 Å². The van der Waals surface area contributed by atoms with Crippen molar-refractivity contribution in [2.45, 2.75) is 12.8 Å². The van der Waals surface area contributed by atoms with Gasteiger partial charge in [0.1, 0.15) is 0 Å². The van der Waals surface area contributed by atoms with Crippen molar-refractivity contribution in [3.8, 4) is 0 Å². The summed E-state index contributed by atoms with van der Waals surface area (Å²) in [5.41, 5.74) is 5.92. The highest BCUT2D eigenvalue weighted by Crippen LogP contribution is 2.45. The second-order valence-electron chi connectivity index (χ2n) is 5.37. The molecule has 2 aliphatic heterocycles. The zero-order chi connectivity index (χ0) is 15.1. The van der Waals surface area contributed by atoms with Gasteiger partial charge in [-0.15, -0.1) is 0 Å². The average molecular weight is 307 g/mol. The van der Waals surface area contributed by atoms with Gasteiger partial charge in [-0.2, -0.15) is 0 Å². The van der Waals surface area contributed by atoms with E-state index < -0.39 is 0 Å². The fourth-order valence-electron chi connectivity index (χ4n) is 3.07. The second kappa shape index (κ2) is 5.14. The van der Waals surface area contributed by atoms with E-state index in [-0.39, 0.29) is 10.2 Å². The molecule has 0 saturated carbocycles. The Morgan fingerprint density at radius 2 is 1.18 bits per heavy atom. The molecule has 3 nitrogen and oxygen atoms in total. The van der Waals surface area contributed by atoms with Gasteiger partial charge in [-0.05, 0) is 35.0 Å². The minimum absolute atomic E-state index is 0.0795. The molecule has 4 heteroatoms. The normalized spacial score (nSPS) is 16.9. The van der Waals surface area contributed by atoms with Gasteiger partial charge in [0.05, 0.1) is 0 Å². The number of benzene rings is 2. The molecule has 0 fully saturated rings. The van der Waals surface area contributed by atoms with Crippen LogP contribution in [0.1, 0.15) is 24.0 Å². The summed E-state index contributed by atoms with van der Waals surface area (Å²) in [7, 11) is 0. The zero-order valence-electron chi connectivity index (χ0n) is 11.8. The van der Waals surface area contributed by atoms with Gasteiger partial charge in [0.15, 0.2) is 0 Å². The number of hydrogen-bond donors (Lipinski definition) is 1. The van der Waals surface area contributed by atoms with Crippen LogP contribution in [-0.2, 0) is 9.59 Å². The summed E-state index contributed by atoms with van der Waals surface area (Å²) in [4.78, 5) is 24.1. The standard InChI is InChI=1S/C18H13NO2S/c20-17-9-13-11-5-1-3-7-15(11)19-16-8-4-2-6-12(16)14(13)10-18(21)22-17/h1-8,19H,9-10H2. The molecule has 0 bridgehead atoms. The van der Waals surface area contributed by atoms with Crippen LogP contribution in [0.25, 0.3) is 11.1 Å². The van der Waals surface area contributed by atoms with E-state index in [0.717, 1.165) is 45.4 Å². The van der Waals surface area contributed by atoms with Gasteiger partial charge in [0, 0.05) is 35.3 Å². The van der Waals surface area contributed by atoms with Crippen LogP contribution in [0.3, 0.4) is 0 Å². The van der Waals surface area contributed by atoms with E-state index >= 15 is 0 Å². The smallest absolute Gasteiger partial charge is 0.200 e. The topological polar surface area (TPSA) is 46.2 Å². The lowest BCUT2D eigenvalue weighted by Crippen LogP contribution is -1.98. The first-order valence-electron chi connectivity index (χ1n) is 7.14. The summed E-state index contributed by atoms with van der Waals surface area (Å²) < 4.78 is 0. The molecule has 0 unspecified atom stereocenters. The maximum absolute atomic E-state index is 12.1. The van der Waals surface area contributed by atoms with Gasteiger partial charge < -0.3 is 5.32 Å². The van der Waals surface area contributed by atoms with E-state index in [2.05, 4.69) is 5.32 Å². The van der Waals surface area contributed by atoms with E-state index in [1.54, 1.807) is 0 Å². The number of carbonyl (C=O) groups is 2. The van der Waals surface area contributed by atoms with Crippen molar-refractivity contribution in [2.24, 2.45) is 0 Å². The summed E-state index contributed by atoms with van der Waals surface area (Å²) in [6.45, 7) is 0. The first-order valence-corrected chi connectivity index (χ1v) is 7.95. The van der Waals surface area contributed by atoms with Crippen LogP contribution < -0.4 is 5.32 Å². The van der Waals surface area contributed by atoms with Crippen LogP contribution in [0, 0.1) is 0 Å². The first kappa shape index (κ1) is 13.3. The summed E-state index contributed by atoms with van der Waals surface area (Å²) in [5.74, 6) is 0. The monoisotopic (exact) mass is 307 g/mol. The Morgan fingerprint density at radius 1 is 0.727 bits per heavy atom. The van der Waals surface area contributed by atoms with Gasteiger partial charge in [-0.1, -0.05) is 36.4 Å². The molecule has 0 atom stereocenters. The summed E-state index contributed by atoms with van der Waals surface area (Å²) in [5, 5.41) is 3.28. The fraction of sp³-hybridized carbons (Fsp3) is 0.111. The Kier molecular flexibility index (Phi) is 3.12. The number of rotatable bonds is 0. The minimum Gasteiger partial charge on any atom is -0.355 e. The minimum atomic E-state index is -0.0795. The van der Waals surface area contributed by atoms with Crippen LogP contribution in [0.4, 0.5) is 11.4 Å². The SMILES string of the molecule is O=C1CC2=C(CC(=O)S1)c1ccccc1Nc1ccccc12. The highest BCUT2D eigenvalue weighted by atomic mass is 32.2. The molecule has 22 heavy (non-hydrogen) atoms. The molecular formula is C18H13NO2S. The molecule has 0 aliphatic carbocycles. The Balaban J connectivity index is 2.04. The van der Waals surface area contributed by atoms with Crippen LogP contribution in [-0.4, -0.2) is 10.2 Å². The van der Waals surface area contributed by atoms with Crippen molar-refractivity contribution in [3.05, 3.63) is 59.7 Å².